The standard InChI is InChI=1S/C16H24O4Si/c1-6-9-12(2)19-15(17)13-10-7-8-11-14(13)16(18)20-21(3,4)5/h7-8,10-12H,6,9H2,1-5H3. The van der Waals surface area contributed by atoms with Crippen LogP contribution in [0.15, 0.2) is 24.3 Å². The third-order valence-corrected chi connectivity index (χ3v) is 3.57. The molecule has 0 aliphatic heterocycles. The molecule has 0 aliphatic carbocycles. The highest BCUT2D eigenvalue weighted by Gasteiger charge is 2.25. The van der Waals surface area contributed by atoms with E-state index in [1.165, 1.54) is 0 Å². The minimum Gasteiger partial charge on any atom is -0.516 e. The molecule has 0 aromatic heterocycles. The highest BCUT2D eigenvalue weighted by Crippen LogP contribution is 2.16. The summed E-state index contributed by atoms with van der Waals surface area (Å²) in [7, 11) is -2.01. The highest BCUT2D eigenvalue weighted by atomic mass is 28.4. The van der Waals surface area contributed by atoms with Crippen LogP contribution in [0, 0.1) is 0 Å². The maximum atomic E-state index is 12.2. The minimum absolute atomic E-state index is 0.163. The monoisotopic (exact) mass is 308 g/mol. The van der Waals surface area contributed by atoms with E-state index < -0.39 is 20.3 Å². The second kappa shape index (κ2) is 7.40. The van der Waals surface area contributed by atoms with Crippen molar-refractivity contribution >= 4 is 20.3 Å². The first-order valence-corrected chi connectivity index (χ1v) is 10.7. The number of hydrogen-bond donors (Lipinski definition) is 0. The van der Waals surface area contributed by atoms with Crippen molar-refractivity contribution in [3.63, 3.8) is 0 Å². The molecule has 0 amide bonds. The first-order valence-electron chi connectivity index (χ1n) is 7.28. The summed E-state index contributed by atoms with van der Waals surface area (Å²) in [5.41, 5.74) is 0.539. The molecule has 1 aromatic carbocycles. The lowest BCUT2D eigenvalue weighted by Gasteiger charge is -2.19. The van der Waals surface area contributed by atoms with Gasteiger partial charge in [-0.3, -0.25) is 0 Å². The molecule has 4 nitrogen and oxygen atoms in total. The Kier molecular flexibility index (Phi) is 6.14. The molecule has 0 heterocycles. The quantitative estimate of drug-likeness (QED) is 0.588. The van der Waals surface area contributed by atoms with E-state index in [-0.39, 0.29) is 17.2 Å². The van der Waals surface area contributed by atoms with Crippen molar-refractivity contribution < 1.29 is 18.8 Å². The summed E-state index contributed by atoms with van der Waals surface area (Å²) < 4.78 is 10.8. The number of carbonyl (C=O) groups excluding carboxylic acids is 2. The van der Waals surface area contributed by atoms with E-state index in [4.69, 9.17) is 9.16 Å². The first-order chi connectivity index (χ1) is 9.74. The zero-order chi connectivity index (χ0) is 16.0. The largest absolute Gasteiger partial charge is 0.516 e. The number of ether oxygens (including phenoxy) is 1. The molecule has 0 bridgehead atoms. The highest BCUT2D eigenvalue weighted by molar-refractivity contribution is 6.71. The van der Waals surface area contributed by atoms with Gasteiger partial charge in [-0.05, 0) is 45.1 Å². The van der Waals surface area contributed by atoms with E-state index in [2.05, 4.69) is 0 Å². The van der Waals surface area contributed by atoms with Crippen LogP contribution in [0.5, 0.6) is 0 Å². The normalized spacial score (nSPS) is 12.6. The van der Waals surface area contributed by atoms with Crippen LogP contribution >= 0.6 is 0 Å². The smallest absolute Gasteiger partial charge is 0.339 e. The maximum Gasteiger partial charge on any atom is 0.339 e. The van der Waals surface area contributed by atoms with E-state index in [1.54, 1.807) is 24.3 Å². The minimum atomic E-state index is -2.01. The van der Waals surface area contributed by atoms with E-state index >= 15 is 0 Å². The van der Waals surface area contributed by atoms with Crippen LogP contribution < -0.4 is 0 Å². The molecule has 21 heavy (non-hydrogen) atoms. The van der Waals surface area contributed by atoms with Gasteiger partial charge in [-0.2, -0.15) is 0 Å². The van der Waals surface area contributed by atoms with Crippen LogP contribution in [0.2, 0.25) is 19.6 Å². The molecular weight excluding hydrogens is 284 g/mol. The molecule has 0 spiro atoms. The summed E-state index contributed by atoms with van der Waals surface area (Å²) in [6.07, 6.45) is 1.57. The molecule has 1 atom stereocenters. The van der Waals surface area contributed by atoms with Gasteiger partial charge in [-0.15, -0.1) is 0 Å². The molecule has 0 N–H and O–H groups in total. The number of esters is 1. The Bertz CT molecular complexity index is 505. The van der Waals surface area contributed by atoms with Gasteiger partial charge in [0.1, 0.15) is 0 Å². The lowest BCUT2D eigenvalue weighted by atomic mass is 10.1. The maximum absolute atomic E-state index is 12.2. The molecule has 0 saturated carbocycles. The Morgan fingerprint density at radius 1 is 1.10 bits per heavy atom. The Morgan fingerprint density at radius 3 is 2.10 bits per heavy atom. The van der Waals surface area contributed by atoms with Gasteiger partial charge in [-0.1, -0.05) is 25.5 Å². The van der Waals surface area contributed by atoms with Crippen molar-refractivity contribution in [2.24, 2.45) is 0 Å². The predicted octanol–water partition coefficient (Wildman–Crippen LogP) is 4.02. The molecule has 0 fully saturated rings. The van der Waals surface area contributed by atoms with Crippen LogP contribution in [0.4, 0.5) is 0 Å². The second-order valence-corrected chi connectivity index (χ2v) is 10.5. The third-order valence-electron chi connectivity index (χ3n) is 2.77. The van der Waals surface area contributed by atoms with E-state index in [0.717, 1.165) is 12.8 Å². The van der Waals surface area contributed by atoms with Gasteiger partial charge in [0, 0.05) is 0 Å². The van der Waals surface area contributed by atoms with Gasteiger partial charge < -0.3 is 9.16 Å². The summed E-state index contributed by atoms with van der Waals surface area (Å²) in [6.45, 7) is 9.66. The fourth-order valence-electron chi connectivity index (χ4n) is 1.88. The van der Waals surface area contributed by atoms with E-state index in [0.29, 0.717) is 0 Å². The summed E-state index contributed by atoms with van der Waals surface area (Å²) in [5, 5.41) is 0. The van der Waals surface area contributed by atoms with Crippen molar-refractivity contribution in [1.82, 2.24) is 0 Å². The molecule has 5 heteroatoms. The summed E-state index contributed by atoms with van der Waals surface area (Å²) in [6, 6.07) is 6.63. The van der Waals surface area contributed by atoms with Crippen LogP contribution in [-0.2, 0) is 9.16 Å². The van der Waals surface area contributed by atoms with Gasteiger partial charge in [0.25, 0.3) is 0 Å². The van der Waals surface area contributed by atoms with Crippen LogP contribution in [-0.4, -0.2) is 26.4 Å². The molecule has 1 unspecified atom stereocenters. The van der Waals surface area contributed by atoms with Crippen molar-refractivity contribution in [1.29, 1.82) is 0 Å². The van der Waals surface area contributed by atoms with Crippen LogP contribution in [0.1, 0.15) is 47.4 Å². The molecule has 0 radical (unpaired) electrons. The summed E-state index contributed by atoms with van der Waals surface area (Å²) in [5.74, 6) is -0.927. The first kappa shape index (κ1) is 17.4. The molecule has 116 valence electrons. The van der Waals surface area contributed by atoms with Crippen molar-refractivity contribution in [3.05, 3.63) is 35.4 Å². The topological polar surface area (TPSA) is 52.6 Å². The summed E-state index contributed by atoms with van der Waals surface area (Å²) in [4.78, 5) is 24.4. The number of carbonyl (C=O) groups is 2. The fourth-order valence-corrected chi connectivity index (χ4v) is 2.55. The average molecular weight is 308 g/mol. The van der Waals surface area contributed by atoms with Gasteiger partial charge in [0.05, 0.1) is 17.2 Å². The zero-order valence-corrected chi connectivity index (χ0v) is 14.4. The molecule has 1 rings (SSSR count). The van der Waals surface area contributed by atoms with Crippen LogP contribution in [0.25, 0.3) is 0 Å². The zero-order valence-electron chi connectivity index (χ0n) is 13.4. The van der Waals surface area contributed by atoms with E-state index in [9.17, 15) is 9.59 Å². The second-order valence-electron chi connectivity index (χ2n) is 6.05. The van der Waals surface area contributed by atoms with Gasteiger partial charge in [0.15, 0.2) is 0 Å². The van der Waals surface area contributed by atoms with Crippen LogP contribution in [0.3, 0.4) is 0 Å². The van der Waals surface area contributed by atoms with Gasteiger partial charge in [-0.25, -0.2) is 9.59 Å². The molecular formula is C16H24O4Si. The third kappa shape index (κ3) is 5.71. The number of hydrogen-bond acceptors (Lipinski definition) is 4. The number of rotatable bonds is 6. The Balaban J connectivity index is 2.93. The lowest BCUT2D eigenvalue weighted by molar-refractivity contribution is 0.0318. The van der Waals surface area contributed by atoms with Crippen molar-refractivity contribution in [3.8, 4) is 0 Å². The van der Waals surface area contributed by atoms with E-state index in [1.807, 2.05) is 33.5 Å². The Morgan fingerprint density at radius 2 is 1.62 bits per heavy atom. The lowest BCUT2D eigenvalue weighted by Crippen LogP contribution is -2.30. The van der Waals surface area contributed by atoms with Gasteiger partial charge in [0.2, 0.25) is 8.32 Å². The molecule has 1 aromatic rings. The molecule has 0 saturated heterocycles. The predicted molar refractivity (Wildman–Crippen MR) is 85.0 cm³/mol. The molecule has 0 aliphatic rings. The summed E-state index contributed by atoms with van der Waals surface area (Å²) >= 11 is 0. The Labute approximate surface area is 127 Å². The van der Waals surface area contributed by atoms with Crippen molar-refractivity contribution in [2.45, 2.75) is 52.4 Å². The van der Waals surface area contributed by atoms with Gasteiger partial charge >= 0.3 is 11.9 Å². The Hall–Kier alpha value is -1.62. The fraction of sp³-hybridized carbons (Fsp3) is 0.500. The average Bonchev–Trinajstić information content (AvgIpc) is 2.36. The number of benzene rings is 1. The SMILES string of the molecule is CCCC(C)OC(=O)c1ccccc1C(=O)O[Si](C)(C)C. The van der Waals surface area contributed by atoms with Crippen molar-refractivity contribution in [2.75, 3.05) is 0 Å².